The number of benzene rings is 1. The monoisotopic (exact) mass is 258 g/mol. The maximum absolute atomic E-state index is 6.13. The molecule has 0 aliphatic carbocycles. The summed E-state index contributed by atoms with van der Waals surface area (Å²) < 4.78 is 5.14. The number of hydrogen-bond acceptors (Lipinski definition) is 3. The van der Waals surface area contributed by atoms with Gasteiger partial charge in [0.1, 0.15) is 5.82 Å². The first-order chi connectivity index (χ1) is 8.93. The summed E-state index contributed by atoms with van der Waals surface area (Å²) in [6.45, 7) is 7.16. The van der Waals surface area contributed by atoms with E-state index in [0.717, 1.165) is 22.9 Å². The fraction of sp³-hybridized carbons (Fsp3) is 0.438. The zero-order valence-corrected chi connectivity index (χ0v) is 12.2. The fourth-order valence-corrected chi connectivity index (χ4v) is 2.29. The molecule has 0 aliphatic heterocycles. The van der Waals surface area contributed by atoms with Gasteiger partial charge in [0, 0.05) is 18.1 Å². The minimum Gasteiger partial charge on any atom is -0.384 e. The highest BCUT2D eigenvalue weighted by Gasteiger charge is 2.19. The van der Waals surface area contributed by atoms with Crippen LogP contribution in [-0.2, 0) is 16.6 Å². The largest absolute Gasteiger partial charge is 0.384 e. The van der Waals surface area contributed by atoms with Crippen LogP contribution in [0.1, 0.15) is 31.9 Å². The lowest BCUT2D eigenvalue weighted by molar-refractivity contribution is 0.202. The van der Waals surface area contributed by atoms with Gasteiger partial charge >= 0.3 is 0 Å². The second-order valence-electron chi connectivity index (χ2n) is 5.90. The molecule has 3 heteroatoms. The Morgan fingerprint density at radius 1 is 1.26 bits per heavy atom. The number of methoxy groups -OCH3 is 1. The molecule has 1 aromatic carbocycles. The Bertz CT molecular complexity index is 585. The molecule has 3 nitrogen and oxygen atoms in total. The standard InChI is InChI=1S/C16H22N2O/c1-16(2,3)13-10-12-7-5-6-11(8-9-19-4)14(12)18-15(13)17/h5-7,10H,8-9H2,1-4H3,(H2,17,18). The first kappa shape index (κ1) is 13.8. The topological polar surface area (TPSA) is 48.1 Å². The summed E-state index contributed by atoms with van der Waals surface area (Å²) in [6.07, 6.45) is 0.856. The molecular weight excluding hydrogens is 236 g/mol. The smallest absolute Gasteiger partial charge is 0.127 e. The van der Waals surface area contributed by atoms with Crippen molar-refractivity contribution < 1.29 is 4.74 Å². The molecule has 0 atom stereocenters. The number of rotatable bonds is 3. The van der Waals surface area contributed by atoms with Crippen molar-refractivity contribution in [3.8, 4) is 0 Å². The normalized spacial score (nSPS) is 12.0. The summed E-state index contributed by atoms with van der Waals surface area (Å²) in [4.78, 5) is 4.62. The third-order valence-electron chi connectivity index (χ3n) is 3.34. The molecule has 0 unspecified atom stereocenters. The number of aromatic nitrogens is 1. The van der Waals surface area contributed by atoms with E-state index in [1.807, 2.05) is 0 Å². The van der Waals surface area contributed by atoms with Gasteiger partial charge in [0.25, 0.3) is 0 Å². The Morgan fingerprint density at radius 2 is 2.00 bits per heavy atom. The molecule has 0 spiro atoms. The van der Waals surface area contributed by atoms with Crippen LogP contribution < -0.4 is 5.73 Å². The second kappa shape index (κ2) is 5.17. The molecule has 0 radical (unpaired) electrons. The van der Waals surface area contributed by atoms with Crippen LogP contribution in [0.2, 0.25) is 0 Å². The number of nitrogens with two attached hydrogens (primary N) is 1. The van der Waals surface area contributed by atoms with E-state index in [1.165, 1.54) is 5.56 Å². The molecule has 2 rings (SSSR count). The summed E-state index contributed by atoms with van der Waals surface area (Å²) in [6, 6.07) is 8.41. The number of anilines is 1. The van der Waals surface area contributed by atoms with Gasteiger partial charge in [-0.3, -0.25) is 0 Å². The first-order valence-corrected chi connectivity index (χ1v) is 6.61. The summed E-state index contributed by atoms with van der Waals surface area (Å²) in [5, 5.41) is 1.15. The molecule has 2 N–H and O–H groups in total. The van der Waals surface area contributed by atoms with Crippen molar-refractivity contribution in [1.29, 1.82) is 0 Å². The SMILES string of the molecule is COCCc1cccc2cc(C(C)(C)C)c(N)nc12. The summed E-state index contributed by atoms with van der Waals surface area (Å²) in [5.41, 5.74) is 9.41. The molecule has 102 valence electrons. The maximum Gasteiger partial charge on any atom is 0.127 e. The molecule has 0 saturated carbocycles. The lowest BCUT2D eigenvalue weighted by atomic mass is 9.86. The van der Waals surface area contributed by atoms with Crippen LogP contribution >= 0.6 is 0 Å². The lowest BCUT2D eigenvalue weighted by Crippen LogP contribution is -2.15. The molecular formula is C16H22N2O. The second-order valence-corrected chi connectivity index (χ2v) is 5.90. The summed E-state index contributed by atoms with van der Waals surface area (Å²) in [5.74, 6) is 0.630. The third-order valence-corrected chi connectivity index (χ3v) is 3.34. The highest BCUT2D eigenvalue weighted by Crippen LogP contribution is 2.30. The van der Waals surface area contributed by atoms with Crippen molar-refractivity contribution in [3.63, 3.8) is 0 Å². The number of pyridine rings is 1. The van der Waals surface area contributed by atoms with E-state index in [4.69, 9.17) is 10.5 Å². The highest BCUT2D eigenvalue weighted by molar-refractivity contribution is 5.84. The van der Waals surface area contributed by atoms with Crippen molar-refractivity contribution in [2.45, 2.75) is 32.6 Å². The van der Waals surface area contributed by atoms with Gasteiger partial charge in [-0.2, -0.15) is 0 Å². The van der Waals surface area contributed by atoms with Crippen LogP contribution in [0, 0.1) is 0 Å². The van der Waals surface area contributed by atoms with Gasteiger partial charge < -0.3 is 10.5 Å². The zero-order chi connectivity index (χ0) is 14.0. The van der Waals surface area contributed by atoms with E-state index < -0.39 is 0 Å². The van der Waals surface area contributed by atoms with E-state index in [2.05, 4.69) is 50.0 Å². The predicted octanol–water partition coefficient (Wildman–Crippen LogP) is 3.30. The minimum absolute atomic E-state index is 0.00775. The Labute approximate surface area is 114 Å². The number of nitrogen functional groups attached to an aromatic ring is 1. The molecule has 0 fully saturated rings. The summed E-state index contributed by atoms with van der Waals surface area (Å²) in [7, 11) is 1.71. The fourth-order valence-electron chi connectivity index (χ4n) is 2.29. The highest BCUT2D eigenvalue weighted by atomic mass is 16.5. The molecule has 0 bridgehead atoms. The molecule has 19 heavy (non-hydrogen) atoms. The van der Waals surface area contributed by atoms with Gasteiger partial charge in [-0.1, -0.05) is 39.0 Å². The zero-order valence-electron chi connectivity index (χ0n) is 12.2. The number of para-hydroxylation sites is 1. The third kappa shape index (κ3) is 2.87. The average Bonchev–Trinajstić information content (AvgIpc) is 2.34. The maximum atomic E-state index is 6.13. The Kier molecular flexibility index (Phi) is 3.76. The van der Waals surface area contributed by atoms with Gasteiger partial charge in [0.15, 0.2) is 0 Å². The Balaban J connectivity index is 2.57. The number of fused-ring (bicyclic) bond motifs is 1. The molecule has 0 amide bonds. The van der Waals surface area contributed by atoms with Crippen molar-refractivity contribution in [3.05, 3.63) is 35.4 Å². The van der Waals surface area contributed by atoms with Crippen LogP contribution in [0.4, 0.5) is 5.82 Å². The molecule has 0 saturated heterocycles. The number of ether oxygens (including phenoxy) is 1. The van der Waals surface area contributed by atoms with Gasteiger partial charge in [-0.05, 0) is 23.5 Å². The Morgan fingerprint density at radius 3 is 2.63 bits per heavy atom. The van der Waals surface area contributed by atoms with Crippen LogP contribution in [-0.4, -0.2) is 18.7 Å². The van der Waals surface area contributed by atoms with Crippen LogP contribution in [0.15, 0.2) is 24.3 Å². The average molecular weight is 258 g/mol. The van der Waals surface area contributed by atoms with E-state index in [1.54, 1.807) is 7.11 Å². The first-order valence-electron chi connectivity index (χ1n) is 6.61. The van der Waals surface area contributed by atoms with Crippen LogP contribution in [0.5, 0.6) is 0 Å². The van der Waals surface area contributed by atoms with E-state index in [-0.39, 0.29) is 5.41 Å². The van der Waals surface area contributed by atoms with E-state index in [9.17, 15) is 0 Å². The number of nitrogens with zero attached hydrogens (tertiary/aromatic N) is 1. The summed E-state index contributed by atoms with van der Waals surface area (Å²) >= 11 is 0. The van der Waals surface area contributed by atoms with Gasteiger partial charge in [0.05, 0.1) is 12.1 Å². The van der Waals surface area contributed by atoms with Crippen molar-refractivity contribution in [2.24, 2.45) is 0 Å². The van der Waals surface area contributed by atoms with Crippen LogP contribution in [0.25, 0.3) is 10.9 Å². The lowest BCUT2D eigenvalue weighted by Gasteiger charge is -2.21. The van der Waals surface area contributed by atoms with Crippen molar-refractivity contribution in [2.75, 3.05) is 19.5 Å². The molecule has 0 aliphatic rings. The van der Waals surface area contributed by atoms with Gasteiger partial charge in [0.2, 0.25) is 0 Å². The van der Waals surface area contributed by atoms with Gasteiger partial charge in [-0.25, -0.2) is 4.98 Å². The van der Waals surface area contributed by atoms with E-state index in [0.29, 0.717) is 12.4 Å². The van der Waals surface area contributed by atoms with Crippen molar-refractivity contribution in [1.82, 2.24) is 4.98 Å². The van der Waals surface area contributed by atoms with E-state index >= 15 is 0 Å². The van der Waals surface area contributed by atoms with Crippen molar-refractivity contribution >= 4 is 16.7 Å². The number of hydrogen-bond donors (Lipinski definition) is 1. The Hall–Kier alpha value is -1.61. The van der Waals surface area contributed by atoms with Crippen LogP contribution in [0.3, 0.4) is 0 Å². The quantitative estimate of drug-likeness (QED) is 0.919. The van der Waals surface area contributed by atoms with Gasteiger partial charge in [-0.15, -0.1) is 0 Å². The molecule has 1 aromatic heterocycles. The molecule has 1 heterocycles. The predicted molar refractivity (Wildman–Crippen MR) is 80.4 cm³/mol. The molecule has 2 aromatic rings. The minimum atomic E-state index is 0.00775.